The minimum atomic E-state index is -0.715. The van der Waals surface area contributed by atoms with Gasteiger partial charge in [0.05, 0.1) is 37.9 Å². The highest BCUT2D eigenvalue weighted by Crippen LogP contribution is 2.46. The number of nitriles is 1. The van der Waals surface area contributed by atoms with Crippen LogP contribution >= 0.6 is 0 Å². The first-order chi connectivity index (χ1) is 12.9. The summed E-state index contributed by atoms with van der Waals surface area (Å²) in [5, 5.41) is 20.7. The number of benzene rings is 2. The fourth-order valence-electron chi connectivity index (χ4n) is 2.57. The lowest BCUT2D eigenvalue weighted by Crippen LogP contribution is -2.27. The highest BCUT2D eigenvalue weighted by molar-refractivity contribution is 6.09. The van der Waals surface area contributed by atoms with Crippen LogP contribution in [0.5, 0.6) is 17.2 Å². The topological polar surface area (TPSA) is 115 Å². The van der Waals surface area contributed by atoms with E-state index in [2.05, 4.69) is 0 Å². The second-order valence-corrected chi connectivity index (χ2v) is 5.32. The quantitative estimate of drug-likeness (QED) is 0.566. The van der Waals surface area contributed by atoms with E-state index < -0.39 is 16.5 Å². The summed E-state index contributed by atoms with van der Waals surface area (Å²) in [5.74, 6) is -0.764. The molecular weight excluding hydrogens is 354 g/mol. The van der Waals surface area contributed by atoms with Gasteiger partial charge in [0.15, 0.2) is 5.75 Å². The van der Waals surface area contributed by atoms with Gasteiger partial charge >= 0.3 is 5.69 Å². The molecule has 27 heavy (non-hydrogen) atoms. The molecule has 0 saturated carbocycles. The molecule has 140 valence electrons. The van der Waals surface area contributed by atoms with Crippen LogP contribution in [0.15, 0.2) is 30.3 Å². The van der Waals surface area contributed by atoms with Crippen LogP contribution in [0, 0.1) is 21.4 Å². The third-order valence-electron chi connectivity index (χ3n) is 3.88. The number of methoxy groups -OCH3 is 3. The normalized spacial score (nSPS) is 9.89. The van der Waals surface area contributed by atoms with Crippen molar-refractivity contribution in [3.8, 4) is 23.3 Å². The van der Waals surface area contributed by atoms with Gasteiger partial charge in [0, 0.05) is 18.8 Å². The second kappa shape index (κ2) is 8.05. The lowest BCUT2D eigenvalue weighted by atomic mass is 10.1. The van der Waals surface area contributed by atoms with Crippen LogP contribution in [0.1, 0.15) is 15.9 Å². The zero-order chi connectivity index (χ0) is 20.1. The van der Waals surface area contributed by atoms with Crippen molar-refractivity contribution in [3.63, 3.8) is 0 Å². The average Bonchev–Trinajstić information content (AvgIpc) is 2.70. The molecule has 9 nitrogen and oxygen atoms in total. The number of carbonyl (C=O) groups is 1. The number of amides is 1. The van der Waals surface area contributed by atoms with E-state index in [4.69, 9.17) is 19.5 Å². The number of carbonyl (C=O) groups excluding carboxylic acids is 1. The van der Waals surface area contributed by atoms with Gasteiger partial charge in [0.2, 0.25) is 11.5 Å². The maximum absolute atomic E-state index is 13.0. The summed E-state index contributed by atoms with van der Waals surface area (Å²) in [6.07, 6.45) is 0. The molecule has 0 heterocycles. The molecule has 0 fully saturated rings. The highest BCUT2D eigenvalue weighted by atomic mass is 16.6. The zero-order valence-electron chi connectivity index (χ0n) is 15.2. The van der Waals surface area contributed by atoms with E-state index in [-0.39, 0.29) is 22.8 Å². The molecule has 0 atom stereocenters. The Morgan fingerprint density at radius 1 is 1.15 bits per heavy atom. The van der Waals surface area contributed by atoms with Gasteiger partial charge < -0.3 is 19.1 Å². The third kappa shape index (κ3) is 3.59. The van der Waals surface area contributed by atoms with Crippen LogP contribution < -0.4 is 19.1 Å². The Morgan fingerprint density at radius 2 is 1.81 bits per heavy atom. The van der Waals surface area contributed by atoms with Crippen LogP contribution in [-0.4, -0.2) is 39.2 Å². The van der Waals surface area contributed by atoms with Gasteiger partial charge in [-0.1, -0.05) is 6.07 Å². The minimum Gasteiger partial charge on any atom is -0.493 e. The Kier molecular flexibility index (Phi) is 5.82. The molecule has 2 rings (SSSR count). The van der Waals surface area contributed by atoms with Crippen molar-refractivity contribution in [3.05, 3.63) is 51.6 Å². The number of anilines is 1. The van der Waals surface area contributed by atoms with Gasteiger partial charge in [-0.3, -0.25) is 14.9 Å². The summed E-state index contributed by atoms with van der Waals surface area (Å²) in [6.45, 7) is 0. The maximum atomic E-state index is 13.0. The van der Waals surface area contributed by atoms with E-state index in [1.807, 2.05) is 6.07 Å². The van der Waals surface area contributed by atoms with Crippen molar-refractivity contribution < 1.29 is 23.9 Å². The molecule has 9 heteroatoms. The molecule has 0 unspecified atom stereocenters. The molecule has 0 bridgehead atoms. The number of hydrogen-bond donors (Lipinski definition) is 0. The Labute approximate surface area is 155 Å². The number of ether oxygens (including phenoxy) is 3. The minimum absolute atomic E-state index is 0.0115. The van der Waals surface area contributed by atoms with E-state index in [9.17, 15) is 14.9 Å². The predicted octanol–water partition coefficient (Wildman–Crippen LogP) is 2.77. The molecule has 0 aliphatic rings. The number of hydrogen-bond acceptors (Lipinski definition) is 7. The van der Waals surface area contributed by atoms with Crippen LogP contribution in [0.2, 0.25) is 0 Å². The number of nitro groups is 1. The van der Waals surface area contributed by atoms with Crippen LogP contribution in [-0.2, 0) is 0 Å². The van der Waals surface area contributed by atoms with Crippen molar-refractivity contribution in [1.82, 2.24) is 0 Å². The number of rotatable bonds is 6. The van der Waals surface area contributed by atoms with Gasteiger partial charge in [0.1, 0.15) is 5.56 Å². The van der Waals surface area contributed by atoms with Gasteiger partial charge in [-0.25, -0.2) is 0 Å². The first kappa shape index (κ1) is 19.5. The van der Waals surface area contributed by atoms with Crippen LogP contribution in [0.4, 0.5) is 11.4 Å². The number of nitrogens with zero attached hydrogens (tertiary/aromatic N) is 3. The molecule has 2 aromatic carbocycles. The van der Waals surface area contributed by atoms with Crippen molar-refractivity contribution in [2.75, 3.05) is 33.3 Å². The van der Waals surface area contributed by atoms with Gasteiger partial charge in [-0.15, -0.1) is 0 Å². The third-order valence-corrected chi connectivity index (χ3v) is 3.88. The number of nitro benzene ring substituents is 1. The molecule has 0 spiro atoms. The predicted molar refractivity (Wildman–Crippen MR) is 96.6 cm³/mol. The fraction of sp³-hybridized carbons (Fsp3) is 0.222. The largest absolute Gasteiger partial charge is 0.493 e. The van der Waals surface area contributed by atoms with E-state index >= 15 is 0 Å². The van der Waals surface area contributed by atoms with Crippen molar-refractivity contribution in [2.45, 2.75) is 0 Å². The van der Waals surface area contributed by atoms with Gasteiger partial charge in [0.25, 0.3) is 5.91 Å². The van der Waals surface area contributed by atoms with Gasteiger partial charge in [-0.2, -0.15) is 5.26 Å². The van der Waals surface area contributed by atoms with Crippen molar-refractivity contribution in [2.24, 2.45) is 0 Å². The molecule has 0 saturated heterocycles. The highest BCUT2D eigenvalue weighted by Gasteiger charge is 2.33. The standard InChI is InChI=1S/C18H17N3O6/c1-20(12-7-5-6-11(8-12)10-19)18(22)13-9-14(25-2)16(26-3)17(27-4)15(13)21(23)24/h5-9H,1-4H3. The molecule has 0 N–H and O–H groups in total. The summed E-state index contributed by atoms with van der Waals surface area (Å²) in [4.78, 5) is 25.1. The molecule has 2 aromatic rings. The average molecular weight is 371 g/mol. The van der Waals surface area contributed by atoms with E-state index in [1.165, 1.54) is 45.4 Å². The molecule has 1 amide bonds. The summed E-state index contributed by atoms with van der Waals surface area (Å²) < 4.78 is 15.5. The van der Waals surface area contributed by atoms with Crippen molar-refractivity contribution >= 4 is 17.3 Å². The molecule has 0 radical (unpaired) electrons. The second-order valence-electron chi connectivity index (χ2n) is 5.32. The van der Waals surface area contributed by atoms with Crippen molar-refractivity contribution in [1.29, 1.82) is 5.26 Å². The first-order valence-electron chi connectivity index (χ1n) is 7.65. The lowest BCUT2D eigenvalue weighted by molar-refractivity contribution is -0.386. The van der Waals surface area contributed by atoms with Gasteiger partial charge in [-0.05, 0) is 18.2 Å². The summed E-state index contributed by atoms with van der Waals surface area (Å²) >= 11 is 0. The monoisotopic (exact) mass is 371 g/mol. The molecule has 0 aromatic heterocycles. The summed E-state index contributed by atoms with van der Waals surface area (Å²) in [6, 6.07) is 9.52. The fourth-order valence-corrected chi connectivity index (χ4v) is 2.57. The molecule has 0 aliphatic heterocycles. The molecule has 0 aliphatic carbocycles. The smallest absolute Gasteiger partial charge is 0.327 e. The first-order valence-corrected chi connectivity index (χ1v) is 7.65. The van der Waals surface area contributed by atoms with E-state index in [0.29, 0.717) is 11.3 Å². The van der Waals surface area contributed by atoms with Crippen LogP contribution in [0.25, 0.3) is 0 Å². The zero-order valence-corrected chi connectivity index (χ0v) is 15.2. The lowest BCUT2D eigenvalue weighted by Gasteiger charge is -2.20. The van der Waals surface area contributed by atoms with Crippen LogP contribution in [0.3, 0.4) is 0 Å². The van der Waals surface area contributed by atoms with E-state index in [0.717, 1.165) is 0 Å². The Bertz CT molecular complexity index is 935. The SMILES string of the molecule is COc1cc(C(=O)N(C)c2cccc(C#N)c2)c([N+](=O)[O-])c(OC)c1OC. The van der Waals surface area contributed by atoms with E-state index in [1.54, 1.807) is 18.2 Å². The maximum Gasteiger partial charge on any atom is 0.327 e. The molecular formula is C18H17N3O6. The Hall–Kier alpha value is -3.80. The summed E-state index contributed by atoms with van der Waals surface area (Å²) in [7, 11) is 5.34. The summed E-state index contributed by atoms with van der Waals surface area (Å²) in [5.41, 5.74) is -0.0172. The Morgan fingerprint density at radius 3 is 2.33 bits per heavy atom. The Balaban J connectivity index is 2.67.